The van der Waals surface area contributed by atoms with Crippen LogP contribution in [-0.2, 0) is 4.79 Å². The summed E-state index contributed by atoms with van der Waals surface area (Å²) in [4.78, 5) is 12.4. The number of allylic oxidation sites excluding steroid dienone is 4. The zero-order chi connectivity index (χ0) is 12.8. The summed E-state index contributed by atoms with van der Waals surface area (Å²) in [5, 5.41) is 0. The van der Waals surface area contributed by atoms with Gasteiger partial charge >= 0.3 is 0 Å². The number of anilines is 1. The third-order valence-corrected chi connectivity index (χ3v) is 2.40. The molecule has 0 aromatic heterocycles. The van der Waals surface area contributed by atoms with Gasteiger partial charge in [0.15, 0.2) is 0 Å². The standard InChI is InChI=1S/C15H17NO/c1-12(11-17)5-6-13(2)14-7-9-15(10-8-14)16(3)4/h5-11H,1-2H2,3-4H3/b6-5-. The van der Waals surface area contributed by atoms with Crippen molar-refractivity contribution in [3.63, 3.8) is 0 Å². The second-order valence-electron chi connectivity index (χ2n) is 3.99. The molecule has 0 unspecified atom stereocenters. The number of hydrogen-bond acceptors (Lipinski definition) is 2. The van der Waals surface area contributed by atoms with Crippen LogP contribution in [0.1, 0.15) is 5.56 Å². The minimum atomic E-state index is 0.441. The molecule has 17 heavy (non-hydrogen) atoms. The molecule has 0 spiro atoms. The van der Waals surface area contributed by atoms with Crippen molar-refractivity contribution in [2.75, 3.05) is 19.0 Å². The predicted octanol–water partition coefficient (Wildman–Crippen LogP) is 3.08. The predicted molar refractivity (Wildman–Crippen MR) is 74.1 cm³/mol. The van der Waals surface area contributed by atoms with Gasteiger partial charge in [-0.15, -0.1) is 0 Å². The van der Waals surface area contributed by atoms with Crippen LogP contribution in [0, 0.1) is 0 Å². The Hall–Kier alpha value is -2.09. The van der Waals surface area contributed by atoms with E-state index in [4.69, 9.17) is 0 Å². The van der Waals surface area contributed by atoms with Gasteiger partial charge in [0, 0.05) is 25.4 Å². The fourth-order valence-electron chi connectivity index (χ4n) is 1.32. The molecule has 0 aliphatic heterocycles. The van der Waals surface area contributed by atoms with Crippen molar-refractivity contribution in [3.8, 4) is 0 Å². The molecule has 0 aliphatic rings. The summed E-state index contributed by atoms with van der Waals surface area (Å²) in [6.07, 6.45) is 4.18. The lowest BCUT2D eigenvalue weighted by Gasteiger charge is -2.12. The van der Waals surface area contributed by atoms with Gasteiger partial charge in [0.25, 0.3) is 0 Å². The second-order valence-corrected chi connectivity index (χ2v) is 3.99. The Labute approximate surface area is 103 Å². The number of rotatable bonds is 5. The third-order valence-electron chi connectivity index (χ3n) is 2.40. The fraction of sp³-hybridized carbons (Fsp3) is 0.133. The lowest BCUT2D eigenvalue weighted by Crippen LogP contribution is -2.08. The maximum atomic E-state index is 10.4. The van der Waals surface area contributed by atoms with Crippen molar-refractivity contribution >= 4 is 17.5 Å². The van der Waals surface area contributed by atoms with Gasteiger partial charge in [-0.25, -0.2) is 0 Å². The molecule has 0 aliphatic carbocycles. The first-order chi connectivity index (χ1) is 8.04. The Bertz CT molecular complexity index is 452. The molecule has 0 saturated heterocycles. The lowest BCUT2D eigenvalue weighted by molar-refractivity contribution is -0.104. The van der Waals surface area contributed by atoms with Crippen molar-refractivity contribution in [2.24, 2.45) is 0 Å². The van der Waals surface area contributed by atoms with Gasteiger partial charge in [-0.1, -0.05) is 37.4 Å². The number of hydrogen-bond donors (Lipinski definition) is 0. The third kappa shape index (κ3) is 3.76. The number of nitrogens with zero attached hydrogens (tertiary/aromatic N) is 1. The molecule has 0 fully saturated rings. The Morgan fingerprint density at radius 1 is 1.12 bits per heavy atom. The summed E-state index contributed by atoms with van der Waals surface area (Å²) < 4.78 is 0. The molecule has 0 bridgehead atoms. The second kappa shape index (κ2) is 5.85. The average Bonchev–Trinajstić information content (AvgIpc) is 2.35. The van der Waals surface area contributed by atoms with Crippen LogP contribution in [0.3, 0.4) is 0 Å². The zero-order valence-electron chi connectivity index (χ0n) is 10.3. The van der Waals surface area contributed by atoms with Crippen LogP contribution >= 0.6 is 0 Å². The van der Waals surface area contributed by atoms with E-state index in [1.54, 1.807) is 12.2 Å². The van der Waals surface area contributed by atoms with Crippen molar-refractivity contribution in [1.82, 2.24) is 0 Å². The van der Waals surface area contributed by atoms with Gasteiger partial charge in [0.2, 0.25) is 0 Å². The van der Waals surface area contributed by atoms with Gasteiger partial charge in [-0.05, 0) is 23.3 Å². The monoisotopic (exact) mass is 227 g/mol. The molecule has 2 heteroatoms. The van der Waals surface area contributed by atoms with Gasteiger partial charge in [-0.3, -0.25) is 4.79 Å². The Morgan fingerprint density at radius 2 is 1.71 bits per heavy atom. The minimum absolute atomic E-state index is 0.441. The van der Waals surface area contributed by atoms with Crippen molar-refractivity contribution in [3.05, 3.63) is 60.7 Å². The first-order valence-corrected chi connectivity index (χ1v) is 5.33. The van der Waals surface area contributed by atoms with E-state index in [1.165, 1.54) is 0 Å². The van der Waals surface area contributed by atoms with Crippen LogP contribution in [0.4, 0.5) is 5.69 Å². The summed E-state index contributed by atoms with van der Waals surface area (Å²) >= 11 is 0. The number of carbonyl (C=O) groups excluding carboxylic acids is 1. The van der Waals surface area contributed by atoms with Crippen LogP contribution in [0.25, 0.3) is 5.57 Å². The highest BCUT2D eigenvalue weighted by molar-refractivity contribution is 5.80. The summed E-state index contributed by atoms with van der Waals surface area (Å²) in [5.41, 5.74) is 3.47. The van der Waals surface area contributed by atoms with Gasteiger partial charge in [0.1, 0.15) is 6.29 Å². The quantitative estimate of drug-likeness (QED) is 0.437. The summed E-state index contributed by atoms with van der Waals surface area (Å²) in [6, 6.07) is 8.07. The molecule has 0 N–H and O–H groups in total. The number of benzene rings is 1. The first-order valence-electron chi connectivity index (χ1n) is 5.33. The molecule has 0 amide bonds. The molecule has 1 rings (SSSR count). The maximum Gasteiger partial charge on any atom is 0.149 e. The molecule has 0 saturated carbocycles. The van der Waals surface area contributed by atoms with Crippen LogP contribution in [0.2, 0.25) is 0 Å². The van der Waals surface area contributed by atoms with E-state index in [2.05, 4.69) is 13.2 Å². The first kappa shape index (κ1) is 13.0. The van der Waals surface area contributed by atoms with Crippen LogP contribution in [0.5, 0.6) is 0 Å². The van der Waals surface area contributed by atoms with E-state index in [9.17, 15) is 4.79 Å². The largest absolute Gasteiger partial charge is 0.378 e. The van der Waals surface area contributed by atoms with Crippen molar-refractivity contribution < 1.29 is 4.79 Å². The van der Waals surface area contributed by atoms with Crippen molar-refractivity contribution in [2.45, 2.75) is 0 Å². The fourth-order valence-corrected chi connectivity index (χ4v) is 1.32. The topological polar surface area (TPSA) is 20.3 Å². The number of carbonyl (C=O) groups is 1. The molecule has 88 valence electrons. The molecular formula is C15H17NO. The van der Waals surface area contributed by atoms with Gasteiger partial charge in [-0.2, -0.15) is 0 Å². The Balaban J connectivity index is 2.80. The van der Waals surface area contributed by atoms with Crippen molar-refractivity contribution in [1.29, 1.82) is 0 Å². The normalized spacial score (nSPS) is 10.2. The minimum Gasteiger partial charge on any atom is -0.378 e. The number of aldehydes is 1. The van der Waals surface area contributed by atoms with Gasteiger partial charge in [0.05, 0.1) is 0 Å². The summed E-state index contributed by atoms with van der Waals surface area (Å²) in [7, 11) is 4.00. The highest BCUT2D eigenvalue weighted by atomic mass is 16.1. The van der Waals surface area contributed by atoms with Gasteiger partial charge < -0.3 is 4.90 Å². The van der Waals surface area contributed by atoms with E-state index >= 15 is 0 Å². The average molecular weight is 227 g/mol. The molecule has 2 nitrogen and oxygen atoms in total. The smallest absolute Gasteiger partial charge is 0.149 e. The molecule has 1 aromatic rings. The van der Waals surface area contributed by atoms with E-state index in [-0.39, 0.29) is 0 Å². The van der Waals surface area contributed by atoms with E-state index in [0.717, 1.165) is 23.1 Å². The summed E-state index contributed by atoms with van der Waals surface area (Å²) in [5.74, 6) is 0. The van der Waals surface area contributed by atoms with Crippen LogP contribution in [-0.4, -0.2) is 20.4 Å². The van der Waals surface area contributed by atoms with E-state index in [1.807, 2.05) is 43.3 Å². The van der Waals surface area contributed by atoms with Crippen LogP contribution < -0.4 is 4.90 Å². The zero-order valence-corrected chi connectivity index (χ0v) is 10.3. The molecule has 0 atom stereocenters. The Morgan fingerprint density at radius 3 is 2.18 bits per heavy atom. The lowest BCUT2D eigenvalue weighted by atomic mass is 10.1. The van der Waals surface area contributed by atoms with E-state index < -0.39 is 0 Å². The highest BCUT2D eigenvalue weighted by Gasteiger charge is 1.97. The van der Waals surface area contributed by atoms with Crippen LogP contribution in [0.15, 0.2) is 55.1 Å². The summed E-state index contributed by atoms with van der Waals surface area (Å²) in [6.45, 7) is 7.52. The maximum absolute atomic E-state index is 10.4. The molecule has 0 heterocycles. The molecule has 0 radical (unpaired) electrons. The molecular weight excluding hydrogens is 210 g/mol. The van der Waals surface area contributed by atoms with E-state index in [0.29, 0.717) is 5.57 Å². The SMILES string of the molecule is C=C(C=O)/C=C\C(=C)c1ccc(N(C)C)cc1. The highest BCUT2D eigenvalue weighted by Crippen LogP contribution is 2.18. The molecule has 1 aromatic carbocycles. The Kier molecular flexibility index (Phi) is 4.46.